The number of aliphatic hydroxyl groups is 1. The van der Waals surface area contributed by atoms with Crippen molar-refractivity contribution in [2.45, 2.75) is 18.9 Å². The van der Waals surface area contributed by atoms with Gasteiger partial charge in [0.1, 0.15) is 0 Å². The number of benzene rings is 1. The highest BCUT2D eigenvalue weighted by Crippen LogP contribution is 2.20. The third kappa shape index (κ3) is 3.06. The molecule has 16 heavy (non-hydrogen) atoms. The van der Waals surface area contributed by atoms with Gasteiger partial charge in [-0.3, -0.25) is 9.59 Å². The Hall–Kier alpha value is -1.88. The second-order valence-corrected chi connectivity index (χ2v) is 3.39. The Balaban J connectivity index is 2.92. The molecule has 0 amide bonds. The first-order valence-corrected chi connectivity index (χ1v) is 4.69. The first-order chi connectivity index (χ1) is 7.54. The van der Waals surface area contributed by atoms with Crippen LogP contribution in [0, 0.1) is 0 Å². The summed E-state index contributed by atoms with van der Waals surface area (Å²) in [4.78, 5) is 21.4. The van der Waals surface area contributed by atoms with Crippen molar-refractivity contribution in [2.24, 2.45) is 0 Å². The van der Waals surface area contributed by atoms with E-state index >= 15 is 0 Å². The van der Waals surface area contributed by atoms with Gasteiger partial charge in [-0.25, -0.2) is 0 Å². The average molecular weight is 224 g/mol. The Morgan fingerprint density at radius 1 is 1.12 bits per heavy atom. The molecule has 0 bridgehead atoms. The fraction of sp³-hybridized carbons (Fsp3) is 0.273. The van der Waals surface area contributed by atoms with Crippen molar-refractivity contribution < 1.29 is 24.9 Å². The van der Waals surface area contributed by atoms with Crippen molar-refractivity contribution in [2.75, 3.05) is 0 Å². The molecule has 5 nitrogen and oxygen atoms in total. The molecule has 1 aromatic carbocycles. The molecule has 3 N–H and O–H groups in total. The minimum absolute atomic E-state index is 0.128. The van der Waals surface area contributed by atoms with Crippen molar-refractivity contribution in [1.82, 2.24) is 0 Å². The van der Waals surface area contributed by atoms with Crippen LogP contribution in [-0.4, -0.2) is 27.3 Å². The molecule has 0 aliphatic rings. The SMILES string of the molecule is O=C(O)CC(C(=O)O)c1ccc(CO)cc1. The highest BCUT2D eigenvalue weighted by Gasteiger charge is 2.22. The zero-order chi connectivity index (χ0) is 12.1. The minimum atomic E-state index is -1.17. The molecule has 0 heterocycles. The molecule has 1 atom stereocenters. The monoisotopic (exact) mass is 224 g/mol. The molecule has 0 aliphatic carbocycles. The predicted octanol–water partition coefficient (Wildman–Crippen LogP) is 0.822. The van der Waals surface area contributed by atoms with E-state index in [4.69, 9.17) is 15.3 Å². The fourth-order valence-corrected chi connectivity index (χ4v) is 1.38. The van der Waals surface area contributed by atoms with Crippen LogP contribution in [0.1, 0.15) is 23.5 Å². The quantitative estimate of drug-likeness (QED) is 0.688. The van der Waals surface area contributed by atoms with Crippen LogP contribution in [0.25, 0.3) is 0 Å². The lowest BCUT2D eigenvalue weighted by molar-refractivity contribution is -0.145. The van der Waals surface area contributed by atoms with Gasteiger partial charge in [-0.05, 0) is 11.1 Å². The molecule has 1 aromatic rings. The van der Waals surface area contributed by atoms with Crippen molar-refractivity contribution in [3.05, 3.63) is 35.4 Å². The molecule has 0 saturated carbocycles. The van der Waals surface area contributed by atoms with Crippen molar-refractivity contribution in [3.63, 3.8) is 0 Å². The van der Waals surface area contributed by atoms with E-state index in [-0.39, 0.29) is 6.61 Å². The Labute approximate surface area is 92.0 Å². The maximum atomic E-state index is 10.9. The molecule has 0 aliphatic heterocycles. The molecular weight excluding hydrogens is 212 g/mol. The number of aliphatic carboxylic acids is 2. The first-order valence-electron chi connectivity index (χ1n) is 4.69. The van der Waals surface area contributed by atoms with Gasteiger partial charge >= 0.3 is 11.9 Å². The number of carboxylic acids is 2. The lowest BCUT2D eigenvalue weighted by atomic mass is 9.95. The first kappa shape index (κ1) is 12.2. The summed E-state index contributed by atoms with van der Waals surface area (Å²) in [6, 6.07) is 6.20. The number of rotatable bonds is 5. The molecular formula is C11H12O5. The van der Waals surface area contributed by atoms with Crippen LogP contribution >= 0.6 is 0 Å². The summed E-state index contributed by atoms with van der Waals surface area (Å²) in [6.07, 6.45) is -0.451. The van der Waals surface area contributed by atoms with Gasteiger partial charge in [-0.2, -0.15) is 0 Å². The van der Waals surface area contributed by atoms with E-state index in [1.165, 1.54) is 12.1 Å². The van der Waals surface area contributed by atoms with Gasteiger partial charge in [0.05, 0.1) is 18.9 Å². The number of aliphatic hydroxyl groups excluding tert-OH is 1. The summed E-state index contributed by atoms with van der Waals surface area (Å²) < 4.78 is 0. The predicted molar refractivity (Wildman–Crippen MR) is 55.0 cm³/mol. The summed E-state index contributed by atoms with van der Waals surface area (Å²) in [5.41, 5.74) is 1.08. The fourth-order valence-electron chi connectivity index (χ4n) is 1.38. The summed E-state index contributed by atoms with van der Waals surface area (Å²) in [6.45, 7) is -0.128. The zero-order valence-corrected chi connectivity index (χ0v) is 8.46. The summed E-state index contributed by atoms with van der Waals surface area (Å²) >= 11 is 0. The third-order valence-corrected chi connectivity index (χ3v) is 2.24. The molecule has 1 unspecified atom stereocenters. The van der Waals surface area contributed by atoms with Gasteiger partial charge in [0.2, 0.25) is 0 Å². The van der Waals surface area contributed by atoms with Gasteiger partial charge in [0.15, 0.2) is 0 Å². The molecule has 5 heteroatoms. The normalized spacial score (nSPS) is 12.1. The molecule has 86 valence electrons. The van der Waals surface area contributed by atoms with Gasteiger partial charge in [0, 0.05) is 0 Å². The van der Waals surface area contributed by atoms with Crippen LogP contribution in [0.4, 0.5) is 0 Å². The highest BCUT2D eigenvalue weighted by atomic mass is 16.4. The average Bonchev–Trinajstić information content (AvgIpc) is 2.25. The Morgan fingerprint density at radius 3 is 2.06 bits per heavy atom. The van der Waals surface area contributed by atoms with Crippen molar-refractivity contribution in [3.8, 4) is 0 Å². The molecule has 0 spiro atoms. The van der Waals surface area contributed by atoms with Gasteiger partial charge in [-0.15, -0.1) is 0 Å². The zero-order valence-electron chi connectivity index (χ0n) is 8.46. The molecule has 0 radical (unpaired) electrons. The maximum Gasteiger partial charge on any atom is 0.311 e. The van der Waals surface area contributed by atoms with Crippen LogP contribution in [-0.2, 0) is 16.2 Å². The molecule has 0 saturated heterocycles. The third-order valence-electron chi connectivity index (χ3n) is 2.24. The summed E-state index contributed by atoms with van der Waals surface area (Å²) in [7, 11) is 0. The number of carbonyl (C=O) groups is 2. The van der Waals surface area contributed by atoms with E-state index in [0.717, 1.165) is 0 Å². The van der Waals surface area contributed by atoms with E-state index in [0.29, 0.717) is 11.1 Å². The van der Waals surface area contributed by atoms with Crippen LogP contribution in [0.15, 0.2) is 24.3 Å². The van der Waals surface area contributed by atoms with E-state index in [9.17, 15) is 9.59 Å². The van der Waals surface area contributed by atoms with E-state index in [1.54, 1.807) is 12.1 Å². The van der Waals surface area contributed by atoms with Crippen molar-refractivity contribution in [1.29, 1.82) is 0 Å². The summed E-state index contributed by atoms with van der Waals surface area (Å²) in [5, 5.41) is 26.3. The van der Waals surface area contributed by atoms with E-state index in [2.05, 4.69) is 0 Å². The number of carboxylic acid groups (broad SMARTS) is 2. The van der Waals surface area contributed by atoms with E-state index < -0.39 is 24.3 Å². The van der Waals surface area contributed by atoms with Gasteiger partial charge in [-0.1, -0.05) is 24.3 Å². The van der Waals surface area contributed by atoms with Crippen LogP contribution in [0.3, 0.4) is 0 Å². The Morgan fingerprint density at radius 2 is 1.69 bits per heavy atom. The van der Waals surface area contributed by atoms with Gasteiger partial charge < -0.3 is 15.3 Å². The largest absolute Gasteiger partial charge is 0.481 e. The lowest BCUT2D eigenvalue weighted by Crippen LogP contribution is -2.15. The minimum Gasteiger partial charge on any atom is -0.481 e. The molecule has 0 fully saturated rings. The molecule has 1 rings (SSSR count). The van der Waals surface area contributed by atoms with Crippen LogP contribution in [0.5, 0.6) is 0 Å². The Kier molecular flexibility index (Phi) is 4.02. The highest BCUT2D eigenvalue weighted by molar-refractivity contribution is 5.82. The second-order valence-electron chi connectivity index (χ2n) is 3.39. The van der Waals surface area contributed by atoms with Gasteiger partial charge in [0.25, 0.3) is 0 Å². The van der Waals surface area contributed by atoms with Crippen LogP contribution in [0.2, 0.25) is 0 Å². The number of hydrogen-bond acceptors (Lipinski definition) is 3. The number of hydrogen-bond donors (Lipinski definition) is 3. The summed E-state index contributed by atoms with van der Waals surface area (Å²) in [5.74, 6) is -3.37. The lowest BCUT2D eigenvalue weighted by Gasteiger charge is -2.10. The van der Waals surface area contributed by atoms with Crippen molar-refractivity contribution >= 4 is 11.9 Å². The maximum absolute atomic E-state index is 10.9. The standard InChI is InChI=1S/C11H12O5/c12-6-7-1-3-8(4-2-7)9(11(15)16)5-10(13)14/h1-4,9,12H,5-6H2,(H,13,14)(H,15,16). The Bertz CT molecular complexity index is 382. The molecule has 0 aromatic heterocycles. The second kappa shape index (κ2) is 5.27. The van der Waals surface area contributed by atoms with E-state index in [1.807, 2.05) is 0 Å². The topological polar surface area (TPSA) is 94.8 Å². The van der Waals surface area contributed by atoms with Crippen LogP contribution < -0.4 is 0 Å². The smallest absolute Gasteiger partial charge is 0.311 e.